The smallest absolute Gasteiger partial charge is 0.317 e. The Hall–Kier alpha value is -1.26. The van der Waals surface area contributed by atoms with E-state index >= 15 is 0 Å². The van der Waals surface area contributed by atoms with Crippen molar-refractivity contribution in [1.82, 2.24) is 10.2 Å². The number of nitrogens with one attached hydrogen (secondary N) is 1. The molecule has 1 rings (SSSR count). The van der Waals surface area contributed by atoms with Gasteiger partial charge in [0.15, 0.2) is 0 Å². The van der Waals surface area contributed by atoms with Crippen molar-refractivity contribution in [3.63, 3.8) is 0 Å². The number of carboxylic acid groups (broad SMARTS) is 1. The van der Waals surface area contributed by atoms with Crippen molar-refractivity contribution >= 4 is 12.0 Å². The highest BCUT2D eigenvalue weighted by Crippen LogP contribution is 2.31. The molecule has 2 amide bonds. The molecule has 1 fully saturated rings. The van der Waals surface area contributed by atoms with Gasteiger partial charge in [0.2, 0.25) is 0 Å². The maximum atomic E-state index is 11.9. The summed E-state index contributed by atoms with van der Waals surface area (Å²) in [4.78, 5) is 24.1. The first-order chi connectivity index (χ1) is 8.50. The van der Waals surface area contributed by atoms with Gasteiger partial charge in [-0.25, -0.2) is 4.79 Å². The number of urea groups is 1. The van der Waals surface area contributed by atoms with Crippen molar-refractivity contribution in [3.8, 4) is 0 Å². The standard InChI is InChI=1S/C13H24N2O3/c1-10(2)15(9-3-4-12(16)17)13(18)14-8-7-11-5-6-11/h10-11H,3-9H2,1-2H3,(H,14,18)(H,16,17). The van der Waals surface area contributed by atoms with Crippen LogP contribution in [0.3, 0.4) is 0 Å². The summed E-state index contributed by atoms with van der Waals surface area (Å²) in [5.41, 5.74) is 0. The van der Waals surface area contributed by atoms with E-state index in [1.54, 1.807) is 4.90 Å². The van der Waals surface area contributed by atoms with Crippen molar-refractivity contribution in [3.05, 3.63) is 0 Å². The van der Waals surface area contributed by atoms with Gasteiger partial charge < -0.3 is 15.3 Å². The second-order valence-corrected chi connectivity index (χ2v) is 5.25. The second-order valence-electron chi connectivity index (χ2n) is 5.25. The minimum Gasteiger partial charge on any atom is -0.481 e. The van der Waals surface area contributed by atoms with E-state index in [9.17, 15) is 9.59 Å². The minimum atomic E-state index is -0.812. The Balaban J connectivity index is 2.24. The van der Waals surface area contributed by atoms with Crippen LogP contribution in [0.4, 0.5) is 4.79 Å². The zero-order chi connectivity index (χ0) is 13.5. The predicted octanol–water partition coefficient (Wildman–Crippen LogP) is 2.07. The van der Waals surface area contributed by atoms with Crippen LogP contribution in [0, 0.1) is 5.92 Å². The van der Waals surface area contributed by atoms with Crippen LogP contribution in [0.2, 0.25) is 0 Å². The Labute approximate surface area is 109 Å². The van der Waals surface area contributed by atoms with Crippen LogP contribution < -0.4 is 5.32 Å². The molecule has 104 valence electrons. The SMILES string of the molecule is CC(C)N(CCCC(=O)O)C(=O)NCCC1CC1. The van der Waals surface area contributed by atoms with E-state index in [0.717, 1.165) is 18.9 Å². The molecule has 0 bridgehead atoms. The van der Waals surface area contributed by atoms with E-state index < -0.39 is 5.97 Å². The van der Waals surface area contributed by atoms with Crippen molar-refractivity contribution in [2.24, 2.45) is 5.92 Å². The fourth-order valence-electron chi connectivity index (χ4n) is 1.89. The van der Waals surface area contributed by atoms with Gasteiger partial charge in [0.05, 0.1) is 0 Å². The van der Waals surface area contributed by atoms with Crippen molar-refractivity contribution in [1.29, 1.82) is 0 Å². The van der Waals surface area contributed by atoms with Crippen molar-refractivity contribution in [2.45, 2.75) is 52.0 Å². The molecule has 0 saturated heterocycles. The highest BCUT2D eigenvalue weighted by atomic mass is 16.4. The number of rotatable bonds is 8. The molecule has 5 nitrogen and oxygen atoms in total. The molecule has 0 radical (unpaired) electrons. The molecule has 0 aromatic carbocycles. The monoisotopic (exact) mass is 256 g/mol. The summed E-state index contributed by atoms with van der Waals surface area (Å²) in [5.74, 6) is -0.00217. The number of hydrogen-bond acceptors (Lipinski definition) is 2. The zero-order valence-electron chi connectivity index (χ0n) is 11.3. The first-order valence-corrected chi connectivity index (χ1v) is 6.77. The molecular formula is C13H24N2O3. The predicted molar refractivity (Wildman–Crippen MR) is 69.5 cm³/mol. The van der Waals surface area contributed by atoms with Crippen LogP contribution in [-0.4, -0.2) is 41.1 Å². The molecule has 0 aromatic rings. The highest BCUT2D eigenvalue weighted by Gasteiger charge is 2.22. The summed E-state index contributed by atoms with van der Waals surface area (Å²) in [6, 6.07) is 0.0239. The lowest BCUT2D eigenvalue weighted by Crippen LogP contribution is -2.44. The first-order valence-electron chi connectivity index (χ1n) is 6.77. The van der Waals surface area contributed by atoms with E-state index in [1.807, 2.05) is 13.8 Å². The van der Waals surface area contributed by atoms with Crippen molar-refractivity contribution < 1.29 is 14.7 Å². The number of carbonyl (C=O) groups excluding carboxylic acids is 1. The van der Waals surface area contributed by atoms with Gasteiger partial charge in [-0.3, -0.25) is 4.79 Å². The van der Waals surface area contributed by atoms with Crippen LogP contribution in [0.1, 0.15) is 46.0 Å². The quantitative estimate of drug-likeness (QED) is 0.698. The lowest BCUT2D eigenvalue weighted by molar-refractivity contribution is -0.137. The van der Waals surface area contributed by atoms with Crippen LogP contribution in [0.5, 0.6) is 0 Å². The summed E-state index contributed by atoms with van der Waals surface area (Å²) in [6.07, 6.45) is 4.26. The van der Waals surface area contributed by atoms with Gasteiger partial charge in [-0.1, -0.05) is 12.8 Å². The molecule has 2 N–H and O–H groups in total. The normalized spacial score (nSPS) is 14.6. The molecule has 1 saturated carbocycles. The lowest BCUT2D eigenvalue weighted by atomic mass is 10.2. The van der Waals surface area contributed by atoms with Gasteiger partial charge in [-0.05, 0) is 32.6 Å². The van der Waals surface area contributed by atoms with E-state index in [1.165, 1.54) is 12.8 Å². The van der Waals surface area contributed by atoms with Gasteiger partial charge in [0, 0.05) is 25.6 Å². The average Bonchev–Trinajstić information content (AvgIpc) is 3.07. The Morgan fingerprint density at radius 2 is 2.06 bits per heavy atom. The summed E-state index contributed by atoms with van der Waals surface area (Å²) in [5, 5.41) is 11.5. The Kier molecular flexibility index (Phi) is 5.95. The highest BCUT2D eigenvalue weighted by molar-refractivity contribution is 5.74. The molecule has 1 aliphatic rings. The van der Waals surface area contributed by atoms with Gasteiger partial charge in [0.25, 0.3) is 0 Å². The molecule has 5 heteroatoms. The number of carboxylic acids is 1. The van der Waals surface area contributed by atoms with Gasteiger partial charge >= 0.3 is 12.0 Å². The largest absolute Gasteiger partial charge is 0.481 e. The fraction of sp³-hybridized carbons (Fsp3) is 0.846. The topological polar surface area (TPSA) is 69.6 Å². The number of carbonyl (C=O) groups is 2. The van der Waals surface area contributed by atoms with Crippen LogP contribution in [-0.2, 0) is 4.79 Å². The van der Waals surface area contributed by atoms with Crippen LogP contribution >= 0.6 is 0 Å². The summed E-state index contributed by atoms with van der Waals surface area (Å²) in [7, 11) is 0. The van der Waals surface area contributed by atoms with Crippen LogP contribution in [0.25, 0.3) is 0 Å². The first kappa shape index (κ1) is 14.8. The molecule has 1 aliphatic carbocycles. The molecule has 18 heavy (non-hydrogen) atoms. The van der Waals surface area contributed by atoms with Gasteiger partial charge in [-0.2, -0.15) is 0 Å². The van der Waals surface area contributed by atoms with Crippen molar-refractivity contribution in [2.75, 3.05) is 13.1 Å². The Bertz CT molecular complexity index is 288. The molecule has 0 atom stereocenters. The third-order valence-corrected chi connectivity index (χ3v) is 3.20. The van der Waals surface area contributed by atoms with E-state index in [4.69, 9.17) is 5.11 Å². The number of amides is 2. The molecule has 0 unspecified atom stereocenters. The Morgan fingerprint density at radius 1 is 1.39 bits per heavy atom. The zero-order valence-corrected chi connectivity index (χ0v) is 11.3. The maximum absolute atomic E-state index is 11.9. The van der Waals surface area contributed by atoms with Gasteiger partial charge in [-0.15, -0.1) is 0 Å². The fourth-order valence-corrected chi connectivity index (χ4v) is 1.89. The third-order valence-electron chi connectivity index (χ3n) is 3.20. The summed E-state index contributed by atoms with van der Waals surface area (Å²) in [6.45, 7) is 5.12. The van der Waals surface area contributed by atoms with Crippen LogP contribution in [0.15, 0.2) is 0 Å². The maximum Gasteiger partial charge on any atom is 0.317 e. The average molecular weight is 256 g/mol. The van der Waals surface area contributed by atoms with E-state index in [0.29, 0.717) is 13.0 Å². The molecular weight excluding hydrogens is 232 g/mol. The van der Waals surface area contributed by atoms with Gasteiger partial charge in [0.1, 0.15) is 0 Å². The van der Waals surface area contributed by atoms with E-state index in [2.05, 4.69) is 5.32 Å². The minimum absolute atomic E-state index is 0.0731. The summed E-state index contributed by atoms with van der Waals surface area (Å²) < 4.78 is 0. The summed E-state index contributed by atoms with van der Waals surface area (Å²) >= 11 is 0. The lowest BCUT2D eigenvalue weighted by Gasteiger charge is -2.26. The molecule has 0 heterocycles. The number of hydrogen-bond donors (Lipinski definition) is 2. The molecule has 0 spiro atoms. The molecule has 0 aromatic heterocycles. The molecule has 0 aliphatic heterocycles. The second kappa shape index (κ2) is 7.24. The Morgan fingerprint density at radius 3 is 2.56 bits per heavy atom. The number of aliphatic carboxylic acids is 1. The third kappa shape index (κ3) is 5.89. The number of nitrogens with zero attached hydrogens (tertiary/aromatic N) is 1. The van der Waals surface area contributed by atoms with E-state index in [-0.39, 0.29) is 18.5 Å².